The number of hydrogen-bond acceptors (Lipinski definition) is 3. The maximum Gasteiger partial charge on any atom is 0.144 e. The first kappa shape index (κ1) is 8.63. The van der Waals surface area contributed by atoms with Gasteiger partial charge in [-0.05, 0) is 31.9 Å². The molecule has 0 bridgehead atoms. The molecular formula is C10H12N2S. The first-order valence-electron chi connectivity index (χ1n) is 4.44. The Labute approximate surface area is 81.7 Å². The summed E-state index contributed by atoms with van der Waals surface area (Å²) in [5.74, 6) is 0. The fourth-order valence-corrected chi connectivity index (χ4v) is 2.36. The van der Waals surface area contributed by atoms with E-state index in [4.69, 9.17) is 0 Å². The molecule has 0 amide bonds. The molecule has 0 radical (unpaired) electrons. The molecule has 0 N–H and O–H groups in total. The van der Waals surface area contributed by atoms with Crippen LogP contribution in [-0.4, -0.2) is 9.97 Å². The molecule has 2 rings (SSSR count). The highest BCUT2D eigenvalue weighted by Crippen LogP contribution is 2.23. The highest BCUT2D eigenvalue weighted by atomic mass is 32.1. The van der Waals surface area contributed by atoms with Crippen LogP contribution < -0.4 is 0 Å². The lowest BCUT2D eigenvalue weighted by Crippen LogP contribution is -1.88. The minimum Gasteiger partial charge on any atom is -0.241 e. The van der Waals surface area contributed by atoms with E-state index < -0.39 is 0 Å². The van der Waals surface area contributed by atoms with E-state index in [-0.39, 0.29) is 0 Å². The Hall–Kier alpha value is -0.960. The van der Waals surface area contributed by atoms with Crippen LogP contribution in [0.2, 0.25) is 0 Å². The van der Waals surface area contributed by atoms with Gasteiger partial charge in [-0.1, -0.05) is 18.3 Å². The summed E-state index contributed by atoms with van der Waals surface area (Å²) in [4.78, 5) is 10.0. The normalized spacial score (nSPS) is 11.0. The topological polar surface area (TPSA) is 25.8 Å². The lowest BCUT2D eigenvalue weighted by atomic mass is 10.2. The molecule has 2 nitrogen and oxygen atoms in total. The van der Waals surface area contributed by atoms with Crippen molar-refractivity contribution in [2.75, 3.05) is 0 Å². The molecule has 3 heteroatoms. The van der Waals surface area contributed by atoms with Crippen molar-refractivity contribution >= 4 is 21.7 Å². The summed E-state index contributed by atoms with van der Waals surface area (Å²) in [6.07, 6.45) is 1.03. The monoisotopic (exact) mass is 192 g/mol. The highest BCUT2D eigenvalue weighted by Gasteiger charge is 2.06. The first-order chi connectivity index (χ1) is 6.20. The molecule has 13 heavy (non-hydrogen) atoms. The molecule has 0 aliphatic heterocycles. The van der Waals surface area contributed by atoms with E-state index in [1.54, 1.807) is 11.3 Å². The van der Waals surface area contributed by atoms with Crippen molar-refractivity contribution in [1.82, 2.24) is 9.97 Å². The molecule has 2 heterocycles. The van der Waals surface area contributed by atoms with Crippen molar-refractivity contribution in [3.8, 4) is 0 Å². The van der Waals surface area contributed by atoms with E-state index in [9.17, 15) is 0 Å². The van der Waals surface area contributed by atoms with Crippen molar-refractivity contribution in [3.63, 3.8) is 0 Å². The second-order valence-electron chi connectivity index (χ2n) is 3.16. The quantitative estimate of drug-likeness (QED) is 0.694. The lowest BCUT2D eigenvalue weighted by molar-refractivity contribution is 1.11. The van der Waals surface area contributed by atoms with Gasteiger partial charge < -0.3 is 0 Å². The zero-order valence-corrected chi connectivity index (χ0v) is 8.90. The SMILES string of the molecule is CCc1cc(C)nc2sc(C)nc12. The smallest absolute Gasteiger partial charge is 0.144 e. The van der Waals surface area contributed by atoms with Gasteiger partial charge in [0.05, 0.1) is 5.01 Å². The maximum atomic E-state index is 4.48. The Balaban J connectivity index is 2.80. The van der Waals surface area contributed by atoms with Crippen molar-refractivity contribution in [3.05, 3.63) is 22.3 Å². The van der Waals surface area contributed by atoms with Gasteiger partial charge in [-0.3, -0.25) is 0 Å². The van der Waals surface area contributed by atoms with Gasteiger partial charge in [-0.25, -0.2) is 9.97 Å². The molecule has 0 spiro atoms. The average molecular weight is 192 g/mol. The molecule has 2 aromatic heterocycles. The van der Waals surface area contributed by atoms with Crippen molar-refractivity contribution in [2.45, 2.75) is 27.2 Å². The third-order valence-electron chi connectivity index (χ3n) is 2.06. The van der Waals surface area contributed by atoms with Crippen molar-refractivity contribution in [2.24, 2.45) is 0 Å². The number of rotatable bonds is 1. The highest BCUT2D eigenvalue weighted by molar-refractivity contribution is 7.18. The number of aromatic nitrogens is 2. The van der Waals surface area contributed by atoms with E-state index in [0.717, 1.165) is 27.5 Å². The molecule has 0 atom stereocenters. The predicted molar refractivity (Wildman–Crippen MR) is 56.3 cm³/mol. The summed E-state index contributed by atoms with van der Waals surface area (Å²) in [5.41, 5.74) is 3.50. The van der Waals surface area contributed by atoms with Gasteiger partial charge in [0.2, 0.25) is 0 Å². The number of aryl methyl sites for hydroxylation is 3. The van der Waals surface area contributed by atoms with Crippen LogP contribution in [-0.2, 0) is 6.42 Å². The Morgan fingerprint density at radius 1 is 1.31 bits per heavy atom. The number of fused-ring (bicyclic) bond motifs is 1. The minimum atomic E-state index is 1.03. The van der Waals surface area contributed by atoms with Crippen LogP contribution in [0.5, 0.6) is 0 Å². The fraction of sp³-hybridized carbons (Fsp3) is 0.400. The van der Waals surface area contributed by atoms with Gasteiger partial charge in [0.15, 0.2) is 0 Å². The largest absolute Gasteiger partial charge is 0.241 e. The Morgan fingerprint density at radius 3 is 2.77 bits per heavy atom. The van der Waals surface area contributed by atoms with Crippen LogP contribution in [0, 0.1) is 13.8 Å². The minimum absolute atomic E-state index is 1.03. The van der Waals surface area contributed by atoms with E-state index in [0.29, 0.717) is 0 Å². The van der Waals surface area contributed by atoms with Crippen LogP contribution in [0.1, 0.15) is 23.2 Å². The third-order valence-corrected chi connectivity index (χ3v) is 2.93. The van der Waals surface area contributed by atoms with Gasteiger partial charge in [0.25, 0.3) is 0 Å². The molecular weight excluding hydrogens is 180 g/mol. The van der Waals surface area contributed by atoms with E-state index in [1.807, 2.05) is 13.8 Å². The number of hydrogen-bond donors (Lipinski definition) is 0. The Bertz CT molecular complexity index is 445. The molecule has 0 aliphatic rings. The summed E-state index contributed by atoms with van der Waals surface area (Å²) >= 11 is 1.67. The van der Waals surface area contributed by atoms with Crippen LogP contribution in [0.3, 0.4) is 0 Å². The fourth-order valence-electron chi connectivity index (χ4n) is 1.48. The molecule has 0 saturated carbocycles. The molecule has 0 aliphatic carbocycles. The zero-order valence-electron chi connectivity index (χ0n) is 8.09. The maximum absolute atomic E-state index is 4.48. The van der Waals surface area contributed by atoms with Crippen LogP contribution in [0.25, 0.3) is 10.3 Å². The molecule has 0 saturated heterocycles. The van der Waals surface area contributed by atoms with Crippen LogP contribution in [0.4, 0.5) is 0 Å². The summed E-state index contributed by atoms with van der Waals surface area (Å²) in [7, 11) is 0. The van der Waals surface area contributed by atoms with Gasteiger partial charge in [-0.2, -0.15) is 0 Å². The first-order valence-corrected chi connectivity index (χ1v) is 5.26. The standard InChI is InChI=1S/C10H12N2S/c1-4-8-5-6(2)11-10-9(8)12-7(3)13-10/h5H,4H2,1-3H3. The van der Waals surface area contributed by atoms with E-state index in [2.05, 4.69) is 23.0 Å². The second-order valence-corrected chi connectivity index (χ2v) is 4.34. The van der Waals surface area contributed by atoms with Gasteiger partial charge in [0, 0.05) is 5.69 Å². The Kier molecular flexibility index (Phi) is 2.04. The lowest BCUT2D eigenvalue weighted by Gasteiger charge is -1.98. The van der Waals surface area contributed by atoms with Crippen LogP contribution in [0.15, 0.2) is 6.07 Å². The summed E-state index contributed by atoms with van der Waals surface area (Å²) in [5, 5.41) is 1.10. The van der Waals surface area contributed by atoms with Gasteiger partial charge in [-0.15, -0.1) is 0 Å². The van der Waals surface area contributed by atoms with Crippen molar-refractivity contribution in [1.29, 1.82) is 0 Å². The zero-order chi connectivity index (χ0) is 9.42. The Morgan fingerprint density at radius 2 is 2.08 bits per heavy atom. The summed E-state index contributed by atoms with van der Waals surface area (Å²) in [6, 6.07) is 2.13. The van der Waals surface area contributed by atoms with Crippen molar-refractivity contribution < 1.29 is 0 Å². The summed E-state index contributed by atoms with van der Waals surface area (Å²) in [6.45, 7) is 6.22. The molecule has 2 aromatic rings. The van der Waals surface area contributed by atoms with Gasteiger partial charge in [0.1, 0.15) is 10.3 Å². The van der Waals surface area contributed by atoms with E-state index >= 15 is 0 Å². The van der Waals surface area contributed by atoms with Gasteiger partial charge >= 0.3 is 0 Å². The molecule has 0 unspecified atom stereocenters. The molecule has 68 valence electrons. The predicted octanol–water partition coefficient (Wildman–Crippen LogP) is 2.87. The number of nitrogens with zero attached hydrogens (tertiary/aromatic N) is 2. The molecule has 0 fully saturated rings. The summed E-state index contributed by atoms with van der Waals surface area (Å²) < 4.78 is 0. The molecule has 0 aromatic carbocycles. The van der Waals surface area contributed by atoms with Crippen LogP contribution >= 0.6 is 11.3 Å². The second kappa shape index (κ2) is 3.07. The average Bonchev–Trinajstić information content (AvgIpc) is 2.43. The number of pyridine rings is 1. The number of thiazole rings is 1. The third kappa shape index (κ3) is 1.44. The van der Waals surface area contributed by atoms with E-state index in [1.165, 1.54) is 5.56 Å².